The number of methoxy groups -OCH3 is 1. The van der Waals surface area contributed by atoms with E-state index >= 15 is 4.39 Å². The number of imide groups is 1. The number of likely N-dealkylation sites (N-methyl/N-ethyl adjacent to an activating group) is 1. The molecule has 216 valence electrons. The van der Waals surface area contributed by atoms with Gasteiger partial charge in [0.1, 0.15) is 11.6 Å². The summed E-state index contributed by atoms with van der Waals surface area (Å²) in [5, 5.41) is 7.18. The van der Waals surface area contributed by atoms with Gasteiger partial charge in [-0.25, -0.2) is 14.6 Å². The third-order valence-electron chi connectivity index (χ3n) is 7.32. The largest absolute Gasteiger partial charge is 0.496 e. The summed E-state index contributed by atoms with van der Waals surface area (Å²) < 4.78 is 20.8. The Labute approximate surface area is 239 Å². The smallest absolute Gasteiger partial charge is 0.340 e. The number of nitrogens with zero attached hydrogens (tertiary/aromatic N) is 2. The van der Waals surface area contributed by atoms with Crippen LogP contribution in [0.1, 0.15) is 30.5 Å². The number of amides is 4. The SMILES string of the molecule is COc1cc(-c2cccc(-c3cccc(NC(=O)C4NN(C)C(=O)N(C)C4=O)c3C)c2C)cc(F)c1CNC(C)C. The number of hydrogen-bond donors (Lipinski definition) is 3. The average molecular weight is 562 g/mol. The van der Waals surface area contributed by atoms with Crippen molar-refractivity contribution in [2.24, 2.45) is 0 Å². The third kappa shape index (κ3) is 5.94. The van der Waals surface area contributed by atoms with Gasteiger partial charge in [0.25, 0.3) is 11.8 Å². The minimum atomic E-state index is -1.25. The third-order valence-corrected chi connectivity index (χ3v) is 7.32. The molecule has 1 saturated heterocycles. The summed E-state index contributed by atoms with van der Waals surface area (Å²) in [4.78, 5) is 38.6. The van der Waals surface area contributed by atoms with Gasteiger partial charge < -0.3 is 15.4 Å². The number of nitrogens with one attached hydrogen (secondary N) is 3. The highest BCUT2D eigenvalue weighted by atomic mass is 19.1. The molecule has 1 aliphatic heterocycles. The van der Waals surface area contributed by atoms with E-state index in [9.17, 15) is 14.4 Å². The predicted molar refractivity (Wildman–Crippen MR) is 157 cm³/mol. The topological polar surface area (TPSA) is 103 Å². The minimum Gasteiger partial charge on any atom is -0.496 e. The van der Waals surface area contributed by atoms with E-state index in [1.54, 1.807) is 6.07 Å². The van der Waals surface area contributed by atoms with Gasteiger partial charge in [-0.3, -0.25) is 19.5 Å². The Kier molecular flexibility index (Phi) is 8.74. The van der Waals surface area contributed by atoms with E-state index in [-0.39, 0.29) is 11.9 Å². The molecule has 4 rings (SSSR count). The zero-order chi connectivity index (χ0) is 30.0. The van der Waals surface area contributed by atoms with Crippen molar-refractivity contribution in [2.45, 2.75) is 46.3 Å². The summed E-state index contributed by atoms with van der Waals surface area (Å²) in [6, 6.07) is 13.1. The van der Waals surface area contributed by atoms with E-state index < -0.39 is 23.9 Å². The lowest BCUT2D eigenvalue weighted by Crippen LogP contribution is -2.66. The Morgan fingerprint density at radius 2 is 1.66 bits per heavy atom. The van der Waals surface area contributed by atoms with Crippen molar-refractivity contribution in [2.75, 3.05) is 26.5 Å². The molecule has 3 aromatic rings. The Morgan fingerprint density at radius 3 is 2.32 bits per heavy atom. The first-order valence-electron chi connectivity index (χ1n) is 13.4. The summed E-state index contributed by atoms with van der Waals surface area (Å²) in [5.41, 5.74) is 8.70. The summed E-state index contributed by atoms with van der Waals surface area (Å²) in [6.45, 7) is 8.22. The molecule has 3 aromatic carbocycles. The monoisotopic (exact) mass is 561 g/mol. The molecule has 0 aromatic heterocycles. The molecule has 0 bridgehead atoms. The van der Waals surface area contributed by atoms with Crippen LogP contribution in [0.2, 0.25) is 0 Å². The van der Waals surface area contributed by atoms with E-state index in [1.165, 1.54) is 27.3 Å². The maximum atomic E-state index is 15.3. The molecule has 1 aliphatic rings. The highest BCUT2D eigenvalue weighted by molar-refractivity contribution is 6.14. The van der Waals surface area contributed by atoms with Gasteiger partial charge in [0.05, 0.1) is 7.11 Å². The van der Waals surface area contributed by atoms with Crippen molar-refractivity contribution in [3.63, 3.8) is 0 Å². The lowest BCUT2D eigenvalue weighted by molar-refractivity contribution is -0.139. The van der Waals surface area contributed by atoms with Crippen LogP contribution in [-0.4, -0.2) is 61.0 Å². The van der Waals surface area contributed by atoms with Crippen molar-refractivity contribution in [3.8, 4) is 28.0 Å². The fraction of sp³-hybridized carbons (Fsp3) is 0.323. The molecular weight excluding hydrogens is 525 g/mol. The first-order valence-corrected chi connectivity index (χ1v) is 13.4. The van der Waals surface area contributed by atoms with E-state index in [1.807, 2.05) is 64.1 Å². The van der Waals surface area contributed by atoms with Gasteiger partial charge in [0.15, 0.2) is 6.04 Å². The number of benzene rings is 3. The van der Waals surface area contributed by atoms with Crippen LogP contribution in [0.4, 0.5) is 14.9 Å². The lowest BCUT2D eigenvalue weighted by atomic mass is 9.90. The predicted octanol–water partition coefficient (Wildman–Crippen LogP) is 4.62. The van der Waals surface area contributed by atoms with Crippen LogP contribution >= 0.6 is 0 Å². The normalized spacial score (nSPS) is 15.5. The summed E-state index contributed by atoms with van der Waals surface area (Å²) in [6.07, 6.45) is 0. The van der Waals surface area contributed by atoms with Gasteiger partial charge in [-0.1, -0.05) is 44.2 Å². The zero-order valence-electron chi connectivity index (χ0n) is 24.4. The van der Waals surface area contributed by atoms with Crippen molar-refractivity contribution >= 4 is 23.5 Å². The van der Waals surface area contributed by atoms with Gasteiger partial charge in [-0.05, 0) is 65.4 Å². The number of anilines is 1. The van der Waals surface area contributed by atoms with Gasteiger partial charge in [0, 0.05) is 37.9 Å². The average Bonchev–Trinajstić information content (AvgIpc) is 2.94. The molecule has 0 aliphatic carbocycles. The van der Waals surface area contributed by atoms with Gasteiger partial charge in [0.2, 0.25) is 0 Å². The number of rotatable bonds is 8. The molecular formula is C31H36FN5O4. The maximum Gasteiger partial charge on any atom is 0.340 e. The number of urea groups is 1. The second-order valence-corrected chi connectivity index (χ2v) is 10.4. The summed E-state index contributed by atoms with van der Waals surface area (Å²) in [7, 11) is 4.32. The van der Waals surface area contributed by atoms with Crippen LogP contribution in [0.25, 0.3) is 22.3 Å². The molecule has 10 heteroatoms. The Bertz CT molecular complexity index is 1510. The van der Waals surface area contributed by atoms with Crippen LogP contribution in [-0.2, 0) is 16.1 Å². The van der Waals surface area contributed by atoms with Crippen LogP contribution in [0.15, 0.2) is 48.5 Å². The number of carbonyl (C=O) groups excluding carboxylic acids is 3. The van der Waals surface area contributed by atoms with E-state index in [0.717, 1.165) is 37.7 Å². The number of hydrogen-bond acceptors (Lipinski definition) is 6. The highest BCUT2D eigenvalue weighted by Gasteiger charge is 2.39. The first-order chi connectivity index (χ1) is 19.4. The van der Waals surface area contributed by atoms with Crippen LogP contribution < -0.4 is 20.8 Å². The number of halogens is 1. The van der Waals surface area contributed by atoms with Gasteiger partial charge in [-0.2, -0.15) is 0 Å². The molecule has 0 radical (unpaired) electrons. The molecule has 0 spiro atoms. The summed E-state index contributed by atoms with van der Waals surface area (Å²) >= 11 is 0. The number of hydrazine groups is 1. The minimum absolute atomic E-state index is 0.202. The fourth-order valence-corrected chi connectivity index (χ4v) is 4.92. The Balaban J connectivity index is 1.66. The second-order valence-electron chi connectivity index (χ2n) is 10.4. The van der Waals surface area contributed by atoms with Crippen molar-refractivity contribution < 1.29 is 23.5 Å². The molecule has 1 fully saturated rings. The maximum absolute atomic E-state index is 15.3. The van der Waals surface area contributed by atoms with Crippen molar-refractivity contribution in [1.82, 2.24) is 20.7 Å². The Hall–Kier alpha value is -4.28. The Morgan fingerprint density at radius 1 is 1.02 bits per heavy atom. The fourth-order valence-electron chi connectivity index (χ4n) is 4.92. The van der Waals surface area contributed by atoms with Crippen LogP contribution in [0, 0.1) is 19.7 Å². The summed E-state index contributed by atoms with van der Waals surface area (Å²) in [5.74, 6) is -1.09. The van der Waals surface area contributed by atoms with Gasteiger partial charge >= 0.3 is 6.03 Å². The first kappa shape index (κ1) is 29.7. The van der Waals surface area contributed by atoms with Crippen LogP contribution in [0.3, 0.4) is 0 Å². The second kappa shape index (κ2) is 12.1. The number of carbonyl (C=O) groups is 3. The molecule has 3 N–H and O–H groups in total. The molecule has 0 saturated carbocycles. The van der Waals surface area contributed by atoms with E-state index in [0.29, 0.717) is 29.1 Å². The quantitative estimate of drug-likeness (QED) is 0.347. The molecule has 4 amide bonds. The van der Waals surface area contributed by atoms with Gasteiger partial charge in [-0.15, -0.1) is 0 Å². The lowest BCUT2D eigenvalue weighted by Gasteiger charge is -2.34. The highest BCUT2D eigenvalue weighted by Crippen LogP contribution is 2.37. The molecule has 1 atom stereocenters. The standard InChI is InChI=1S/C31H36FN5O4/c1-17(2)33-16-24-25(32)14-20(15-27(24)41-7)21-10-8-11-22(18(21)3)23-12-9-13-26(19(23)4)34-29(38)28-30(39)36(5)31(40)37(6)35-28/h8-15,17,28,33,35H,16H2,1-7H3,(H,34,38). The van der Waals surface area contributed by atoms with Crippen LogP contribution in [0.5, 0.6) is 5.75 Å². The molecule has 1 unspecified atom stereocenters. The zero-order valence-corrected chi connectivity index (χ0v) is 24.4. The van der Waals surface area contributed by atoms with Crippen molar-refractivity contribution in [3.05, 3.63) is 71.0 Å². The van der Waals surface area contributed by atoms with Crippen molar-refractivity contribution in [1.29, 1.82) is 0 Å². The molecule has 1 heterocycles. The molecule has 9 nitrogen and oxygen atoms in total. The number of ether oxygens (including phenoxy) is 1. The van der Waals surface area contributed by atoms with E-state index in [2.05, 4.69) is 16.1 Å². The molecule has 41 heavy (non-hydrogen) atoms. The van der Waals surface area contributed by atoms with E-state index in [4.69, 9.17) is 4.74 Å².